The summed E-state index contributed by atoms with van der Waals surface area (Å²) in [7, 11) is -3.43. The predicted octanol–water partition coefficient (Wildman–Crippen LogP) is 8.69. The van der Waals surface area contributed by atoms with E-state index >= 15 is 0 Å². The molecule has 4 rings (SSSR count). The van der Waals surface area contributed by atoms with Gasteiger partial charge in [0.05, 0.1) is 6.61 Å². The Balaban J connectivity index is 1.63. The number of nitrogens with zero attached hydrogens (tertiary/aromatic N) is 1. The van der Waals surface area contributed by atoms with Crippen LogP contribution in [0.2, 0.25) is 58.9 Å². The summed E-state index contributed by atoms with van der Waals surface area (Å²) >= 11 is 0. The summed E-state index contributed by atoms with van der Waals surface area (Å²) in [6, 6.07) is 0. The molecule has 4 aliphatic rings. The van der Waals surface area contributed by atoms with Crippen LogP contribution in [0.25, 0.3) is 0 Å². The lowest BCUT2D eigenvalue weighted by molar-refractivity contribution is -0.139. The lowest BCUT2D eigenvalue weighted by Crippen LogP contribution is -2.62. The van der Waals surface area contributed by atoms with Crippen LogP contribution in [0.3, 0.4) is 0 Å². The summed E-state index contributed by atoms with van der Waals surface area (Å²) in [5.41, 5.74) is 1.15. The first kappa shape index (κ1) is 31.9. The normalized spacial score (nSPS) is 41.5. The highest BCUT2D eigenvalue weighted by atomic mass is 28.4. The number of rotatable bonds is 9. The highest BCUT2D eigenvalue weighted by Gasteiger charge is 2.67. The van der Waals surface area contributed by atoms with Gasteiger partial charge in [0.2, 0.25) is 0 Å². The third-order valence-electron chi connectivity index (χ3n) is 11.0. The molecule has 0 saturated heterocycles. The molecule has 0 aromatic carbocycles. The van der Waals surface area contributed by atoms with Crippen LogP contribution in [0.15, 0.2) is 5.16 Å². The third-order valence-corrected chi connectivity index (χ3v) is 14.1. The van der Waals surface area contributed by atoms with Crippen molar-refractivity contribution in [2.45, 2.75) is 142 Å². The number of fused-ring (bicyclic) bond motifs is 5. The van der Waals surface area contributed by atoms with Gasteiger partial charge in [-0.2, -0.15) is 0 Å². The zero-order chi connectivity index (χ0) is 29.1. The van der Waals surface area contributed by atoms with Crippen molar-refractivity contribution in [1.29, 1.82) is 0 Å². The quantitative estimate of drug-likeness (QED) is 0.152. The van der Waals surface area contributed by atoms with E-state index in [-0.39, 0.29) is 11.0 Å². The van der Waals surface area contributed by atoms with Crippen LogP contribution in [0.4, 0.5) is 0 Å². The van der Waals surface area contributed by atoms with E-state index in [0.717, 1.165) is 29.9 Å². The minimum Gasteiger partial charge on any atom is -0.415 e. The molecule has 5 nitrogen and oxygen atoms in total. The molecule has 226 valence electrons. The highest BCUT2D eigenvalue weighted by Crippen LogP contribution is 2.69. The summed E-state index contributed by atoms with van der Waals surface area (Å²) in [6.45, 7) is 26.6. The summed E-state index contributed by atoms with van der Waals surface area (Å²) in [4.78, 5) is 5.53. The molecule has 0 aromatic heterocycles. The molecule has 0 N–H and O–H groups in total. The maximum absolute atomic E-state index is 7.36. The first-order valence-corrected chi connectivity index (χ1v) is 26.2. The van der Waals surface area contributed by atoms with E-state index in [2.05, 4.69) is 72.8 Å². The second-order valence-electron chi connectivity index (χ2n) is 16.9. The Kier molecular flexibility index (Phi) is 8.95. The van der Waals surface area contributed by atoms with Crippen molar-refractivity contribution in [1.82, 2.24) is 0 Å². The Morgan fingerprint density at radius 2 is 1.44 bits per heavy atom. The summed E-state index contributed by atoms with van der Waals surface area (Å²) < 4.78 is 20.5. The largest absolute Gasteiger partial charge is 0.415 e. The fraction of sp³-hybridized carbons (Fsp3) is 0.968. The Morgan fingerprint density at radius 3 is 2.03 bits per heavy atom. The molecule has 0 heterocycles. The average molecular weight is 596 g/mol. The highest BCUT2D eigenvalue weighted by molar-refractivity contribution is 6.70. The second-order valence-corrected chi connectivity index (χ2v) is 30.3. The molecule has 0 aromatic rings. The van der Waals surface area contributed by atoms with E-state index in [9.17, 15) is 0 Å². The van der Waals surface area contributed by atoms with Crippen molar-refractivity contribution in [2.75, 3.05) is 13.7 Å². The van der Waals surface area contributed by atoms with E-state index in [4.69, 9.17) is 23.3 Å². The smallest absolute Gasteiger partial charge is 0.185 e. The van der Waals surface area contributed by atoms with Crippen molar-refractivity contribution >= 4 is 30.7 Å². The van der Waals surface area contributed by atoms with Crippen molar-refractivity contribution in [2.24, 2.45) is 39.7 Å². The monoisotopic (exact) mass is 595 g/mol. The Bertz CT molecular complexity index is 909. The van der Waals surface area contributed by atoms with E-state index < -0.39 is 25.0 Å². The van der Waals surface area contributed by atoms with Crippen molar-refractivity contribution in [3.05, 3.63) is 0 Å². The summed E-state index contributed by atoms with van der Waals surface area (Å²) in [6.07, 6.45) is 11.9. The van der Waals surface area contributed by atoms with Gasteiger partial charge < -0.3 is 18.1 Å². The Hall–Kier alpha value is 0.000649. The van der Waals surface area contributed by atoms with Gasteiger partial charge in [0.1, 0.15) is 18.4 Å². The molecule has 0 radical (unpaired) electrons. The zero-order valence-electron chi connectivity index (χ0n) is 27.5. The SMILES string of the molecule is CO/N=C(\CO[Si](C)(C)C)C1(O[Si](C)(C)C)CCC2C3CCC4CC(O[Si](C)(C)C)CCC4(C)C3CCC21C. The van der Waals surface area contributed by atoms with Gasteiger partial charge in [0.25, 0.3) is 0 Å². The molecule has 39 heavy (non-hydrogen) atoms. The minimum atomic E-state index is -1.89. The number of oxime groups is 1. The molecular weight excluding hydrogens is 535 g/mol. The van der Waals surface area contributed by atoms with Gasteiger partial charge in [-0.15, -0.1) is 0 Å². The lowest BCUT2D eigenvalue weighted by Gasteiger charge is -2.62. The van der Waals surface area contributed by atoms with Gasteiger partial charge in [-0.1, -0.05) is 19.0 Å². The van der Waals surface area contributed by atoms with Gasteiger partial charge in [-0.05, 0) is 146 Å². The van der Waals surface area contributed by atoms with Gasteiger partial charge in [0.15, 0.2) is 25.0 Å². The number of hydrogen-bond donors (Lipinski definition) is 0. The zero-order valence-corrected chi connectivity index (χ0v) is 30.5. The van der Waals surface area contributed by atoms with E-state index in [1.165, 1.54) is 51.4 Å². The third kappa shape index (κ3) is 6.36. The van der Waals surface area contributed by atoms with E-state index in [1.54, 1.807) is 7.11 Å². The van der Waals surface area contributed by atoms with E-state index in [1.807, 2.05) is 0 Å². The molecule has 4 saturated carbocycles. The molecule has 0 aliphatic heterocycles. The van der Waals surface area contributed by atoms with Crippen LogP contribution in [0.1, 0.15) is 71.6 Å². The van der Waals surface area contributed by atoms with Crippen LogP contribution in [-0.2, 0) is 18.1 Å². The molecule has 4 fully saturated rings. The van der Waals surface area contributed by atoms with Gasteiger partial charge in [0, 0.05) is 11.5 Å². The molecule has 0 amide bonds. The maximum atomic E-state index is 7.36. The minimum absolute atomic E-state index is 0.0654. The van der Waals surface area contributed by atoms with Gasteiger partial charge in [-0.25, -0.2) is 0 Å². The van der Waals surface area contributed by atoms with Crippen LogP contribution in [0.5, 0.6) is 0 Å². The molecule has 8 atom stereocenters. The van der Waals surface area contributed by atoms with Crippen molar-refractivity contribution in [3.8, 4) is 0 Å². The van der Waals surface area contributed by atoms with Crippen LogP contribution < -0.4 is 0 Å². The van der Waals surface area contributed by atoms with Crippen molar-refractivity contribution in [3.63, 3.8) is 0 Å². The first-order valence-electron chi connectivity index (χ1n) is 16.0. The van der Waals surface area contributed by atoms with Crippen LogP contribution in [0, 0.1) is 34.5 Å². The maximum Gasteiger partial charge on any atom is 0.185 e. The first-order chi connectivity index (χ1) is 17.8. The fourth-order valence-corrected chi connectivity index (χ4v) is 12.9. The van der Waals surface area contributed by atoms with Crippen LogP contribution >= 0.6 is 0 Å². The standard InChI is InChI=1S/C31H61NO4Si3/c1-29-18-15-24(35-38(7,8)9)21-23(29)13-14-25-26(29)16-19-30(2)27(25)17-20-31(30,36-39(10,11)12)28(32-33-3)22-34-37(4,5)6/h23-27H,13-22H2,1-12H3/b32-28+. The van der Waals surface area contributed by atoms with Crippen molar-refractivity contribution < 1.29 is 18.1 Å². The molecule has 4 aliphatic carbocycles. The molecular formula is C31H61NO4Si3. The Morgan fingerprint density at radius 1 is 0.769 bits per heavy atom. The number of hydrogen-bond acceptors (Lipinski definition) is 5. The van der Waals surface area contributed by atoms with E-state index in [0.29, 0.717) is 24.0 Å². The fourth-order valence-electron chi connectivity index (χ4n) is 9.66. The summed E-state index contributed by atoms with van der Waals surface area (Å²) in [5, 5.41) is 4.72. The molecule has 0 bridgehead atoms. The lowest BCUT2D eigenvalue weighted by atomic mass is 9.44. The molecule has 0 spiro atoms. The predicted molar refractivity (Wildman–Crippen MR) is 171 cm³/mol. The van der Waals surface area contributed by atoms with Crippen LogP contribution in [-0.4, -0.2) is 56.1 Å². The topological polar surface area (TPSA) is 49.3 Å². The molecule has 8 unspecified atom stereocenters. The Labute approximate surface area is 243 Å². The van der Waals surface area contributed by atoms with Gasteiger partial charge in [-0.3, -0.25) is 0 Å². The second kappa shape index (κ2) is 10.9. The molecule has 8 heteroatoms. The van der Waals surface area contributed by atoms with Gasteiger partial charge >= 0.3 is 0 Å². The summed E-state index contributed by atoms with van der Waals surface area (Å²) in [5.74, 6) is 3.10. The average Bonchev–Trinajstić information content (AvgIpc) is 3.06.